The number of guanidine groups is 1. The summed E-state index contributed by atoms with van der Waals surface area (Å²) in [6, 6.07) is 7.33. The monoisotopic (exact) mass is 344 g/mol. The number of nitrogens with two attached hydrogens (primary N) is 1. The number of hydrogen-bond donors (Lipinski definition) is 3. The van der Waals surface area contributed by atoms with Gasteiger partial charge in [0.25, 0.3) is 0 Å². The van der Waals surface area contributed by atoms with E-state index in [1.54, 1.807) is 12.1 Å². The van der Waals surface area contributed by atoms with Crippen molar-refractivity contribution in [3.8, 4) is 0 Å². The molecule has 2 rings (SSSR count). The number of primary amides is 1. The summed E-state index contributed by atoms with van der Waals surface area (Å²) in [6.45, 7) is 4.36. The van der Waals surface area contributed by atoms with Crippen LogP contribution in [0, 0.1) is 5.92 Å². The molecule has 4 N–H and O–H groups in total. The van der Waals surface area contributed by atoms with Crippen molar-refractivity contribution in [3.63, 3.8) is 0 Å². The Morgan fingerprint density at radius 1 is 1.24 bits per heavy atom. The number of nitrogens with one attached hydrogen (secondary N) is 2. The minimum atomic E-state index is -0.405. The molecule has 0 saturated heterocycles. The Bertz CT molecular complexity index is 565. The fraction of sp³-hybridized carbons (Fsp3) is 0.600. The van der Waals surface area contributed by atoms with Gasteiger partial charge in [0.05, 0.1) is 6.54 Å². The maximum Gasteiger partial charge on any atom is 0.248 e. The van der Waals surface area contributed by atoms with Crippen LogP contribution in [0.2, 0.25) is 0 Å². The summed E-state index contributed by atoms with van der Waals surface area (Å²) in [7, 11) is 0. The average Bonchev–Trinajstić information content (AvgIpc) is 3.13. The third-order valence-corrected chi connectivity index (χ3v) is 4.78. The Morgan fingerprint density at radius 2 is 2.04 bits per heavy atom. The summed E-state index contributed by atoms with van der Waals surface area (Å²) >= 11 is 0. The van der Waals surface area contributed by atoms with Gasteiger partial charge >= 0.3 is 0 Å². The summed E-state index contributed by atoms with van der Waals surface area (Å²) in [6.07, 6.45) is 9.56. The van der Waals surface area contributed by atoms with Gasteiger partial charge in [0.1, 0.15) is 0 Å². The van der Waals surface area contributed by atoms with Crippen LogP contribution in [0.3, 0.4) is 0 Å². The van der Waals surface area contributed by atoms with Crippen LogP contribution in [0.4, 0.5) is 0 Å². The zero-order valence-corrected chi connectivity index (χ0v) is 15.4. The molecule has 0 aliphatic heterocycles. The van der Waals surface area contributed by atoms with Crippen molar-refractivity contribution in [2.75, 3.05) is 13.1 Å². The van der Waals surface area contributed by atoms with Crippen LogP contribution >= 0.6 is 0 Å². The first-order chi connectivity index (χ1) is 12.2. The van der Waals surface area contributed by atoms with Gasteiger partial charge < -0.3 is 16.4 Å². The predicted molar refractivity (Wildman–Crippen MR) is 104 cm³/mol. The van der Waals surface area contributed by atoms with Crippen LogP contribution in [-0.2, 0) is 6.54 Å². The summed E-state index contributed by atoms with van der Waals surface area (Å²) in [4.78, 5) is 15.9. The Hall–Kier alpha value is -2.04. The molecule has 0 heterocycles. The lowest BCUT2D eigenvalue weighted by molar-refractivity contribution is 0.1000. The zero-order valence-electron chi connectivity index (χ0n) is 15.4. The van der Waals surface area contributed by atoms with Crippen molar-refractivity contribution in [1.29, 1.82) is 0 Å². The topological polar surface area (TPSA) is 79.5 Å². The summed E-state index contributed by atoms with van der Waals surface area (Å²) in [5, 5.41) is 6.67. The Kier molecular flexibility index (Phi) is 8.29. The van der Waals surface area contributed by atoms with Gasteiger partial charge in [-0.25, -0.2) is 4.99 Å². The van der Waals surface area contributed by atoms with E-state index >= 15 is 0 Å². The highest BCUT2D eigenvalue weighted by atomic mass is 16.1. The number of carbonyl (C=O) groups excluding carboxylic acids is 1. The van der Waals surface area contributed by atoms with E-state index in [1.807, 2.05) is 12.1 Å². The van der Waals surface area contributed by atoms with Crippen molar-refractivity contribution in [3.05, 3.63) is 35.4 Å². The molecule has 0 aromatic heterocycles. The molecular formula is C20H32N4O. The fourth-order valence-corrected chi connectivity index (χ4v) is 3.40. The first-order valence-electron chi connectivity index (χ1n) is 9.60. The third kappa shape index (κ3) is 7.16. The maximum absolute atomic E-state index is 11.3. The molecule has 1 aliphatic carbocycles. The highest BCUT2D eigenvalue weighted by Crippen LogP contribution is 2.28. The molecule has 5 nitrogen and oxygen atoms in total. The van der Waals surface area contributed by atoms with Gasteiger partial charge in [0.2, 0.25) is 5.91 Å². The van der Waals surface area contributed by atoms with Crippen LogP contribution in [0.15, 0.2) is 29.3 Å². The minimum absolute atomic E-state index is 0.405. The number of rotatable bonds is 9. The second-order valence-electron chi connectivity index (χ2n) is 6.83. The normalized spacial score (nSPS) is 15.3. The molecule has 138 valence electrons. The van der Waals surface area contributed by atoms with Crippen LogP contribution < -0.4 is 16.4 Å². The summed E-state index contributed by atoms with van der Waals surface area (Å²) in [5.74, 6) is 1.39. The van der Waals surface area contributed by atoms with E-state index in [0.717, 1.165) is 30.5 Å². The van der Waals surface area contributed by atoms with E-state index in [9.17, 15) is 4.79 Å². The molecule has 0 radical (unpaired) electrons. The highest BCUT2D eigenvalue weighted by molar-refractivity contribution is 5.92. The lowest BCUT2D eigenvalue weighted by Crippen LogP contribution is -2.37. The first kappa shape index (κ1) is 19.3. The van der Waals surface area contributed by atoms with E-state index in [4.69, 9.17) is 5.73 Å². The molecule has 1 aromatic rings. The van der Waals surface area contributed by atoms with Gasteiger partial charge in [-0.2, -0.15) is 0 Å². The maximum atomic E-state index is 11.3. The molecule has 0 atom stereocenters. The molecule has 1 aromatic carbocycles. The lowest BCUT2D eigenvalue weighted by Gasteiger charge is -2.12. The van der Waals surface area contributed by atoms with Crippen LogP contribution in [0.25, 0.3) is 0 Å². The molecule has 0 bridgehead atoms. The van der Waals surface area contributed by atoms with Crippen LogP contribution in [-0.4, -0.2) is 25.0 Å². The number of aliphatic imine (C=N–C) groups is 1. The second kappa shape index (κ2) is 10.7. The van der Waals surface area contributed by atoms with E-state index in [2.05, 4.69) is 22.5 Å². The molecular weight excluding hydrogens is 312 g/mol. The van der Waals surface area contributed by atoms with Gasteiger partial charge in [-0.1, -0.05) is 50.7 Å². The zero-order chi connectivity index (χ0) is 17.9. The second-order valence-corrected chi connectivity index (χ2v) is 6.83. The number of hydrogen-bond acceptors (Lipinski definition) is 2. The van der Waals surface area contributed by atoms with E-state index < -0.39 is 5.91 Å². The van der Waals surface area contributed by atoms with E-state index in [0.29, 0.717) is 12.1 Å². The summed E-state index contributed by atoms with van der Waals surface area (Å²) in [5.41, 5.74) is 6.83. The van der Waals surface area contributed by atoms with Crippen molar-refractivity contribution in [2.45, 2.75) is 58.4 Å². The molecule has 25 heavy (non-hydrogen) atoms. The average molecular weight is 345 g/mol. The quantitative estimate of drug-likeness (QED) is 0.366. The van der Waals surface area contributed by atoms with Gasteiger partial charge in [0.15, 0.2) is 5.96 Å². The SMILES string of the molecule is CCNC(=NCc1cccc(C(N)=O)c1)NCCCCC1CCCC1. The van der Waals surface area contributed by atoms with Crippen LogP contribution in [0.5, 0.6) is 0 Å². The third-order valence-electron chi connectivity index (χ3n) is 4.78. The summed E-state index contributed by atoms with van der Waals surface area (Å²) < 4.78 is 0. The van der Waals surface area contributed by atoms with Gasteiger partial charge in [-0.3, -0.25) is 4.79 Å². The van der Waals surface area contributed by atoms with Crippen molar-refractivity contribution in [1.82, 2.24) is 10.6 Å². The van der Waals surface area contributed by atoms with E-state index in [-0.39, 0.29) is 0 Å². The van der Waals surface area contributed by atoms with Crippen molar-refractivity contribution < 1.29 is 4.79 Å². The van der Waals surface area contributed by atoms with E-state index in [1.165, 1.54) is 44.9 Å². The molecule has 0 spiro atoms. The fourth-order valence-electron chi connectivity index (χ4n) is 3.40. The number of nitrogens with zero attached hydrogens (tertiary/aromatic N) is 1. The molecule has 1 aliphatic rings. The molecule has 1 amide bonds. The largest absolute Gasteiger partial charge is 0.366 e. The van der Waals surface area contributed by atoms with Crippen molar-refractivity contribution >= 4 is 11.9 Å². The number of amides is 1. The Labute approximate surface area is 151 Å². The molecule has 5 heteroatoms. The standard InChI is InChI=1S/C20H32N4O/c1-2-22-20(23-13-6-5-10-16-8-3-4-9-16)24-15-17-11-7-12-18(14-17)19(21)25/h7,11-12,14,16H,2-6,8-10,13,15H2,1H3,(H2,21,25)(H2,22,23,24). The molecule has 1 saturated carbocycles. The Balaban J connectivity index is 1.75. The first-order valence-corrected chi connectivity index (χ1v) is 9.60. The minimum Gasteiger partial charge on any atom is -0.366 e. The van der Waals surface area contributed by atoms with Gasteiger partial charge in [-0.05, 0) is 37.0 Å². The van der Waals surface area contributed by atoms with Crippen LogP contribution in [0.1, 0.15) is 67.8 Å². The smallest absolute Gasteiger partial charge is 0.248 e. The van der Waals surface area contributed by atoms with Gasteiger partial charge in [0, 0.05) is 18.7 Å². The lowest BCUT2D eigenvalue weighted by atomic mass is 10.0. The van der Waals surface area contributed by atoms with Gasteiger partial charge in [-0.15, -0.1) is 0 Å². The molecule has 1 fully saturated rings. The predicted octanol–water partition coefficient (Wildman–Crippen LogP) is 3.20. The molecule has 0 unspecified atom stereocenters. The highest BCUT2D eigenvalue weighted by Gasteiger charge is 2.13. The van der Waals surface area contributed by atoms with Crippen molar-refractivity contribution in [2.24, 2.45) is 16.6 Å². The Morgan fingerprint density at radius 3 is 2.76 bits per heavy atom. The number of unbranched alkanes of at least 4 members (excludes halogenated alkanes) is 1. The number of carbonyl (C=O) groups is 1. The number of benzene rings is 1.